The zero-order valence-electron chi connectivity index (χ0n) is 14.3. The summed E-state index contributed by atoms with van der Waals surface area (Å²) in [5, 5.41) is 11.4. The maximum absolute atomic E-state index is 12.5. The molecule has 1 aromatic heterocycles. The highest BCUT2D eigenvalue weighted by atomic mass is 16.4. The molecule has 0 spiro atoms. The molecule has 10 heteroatoms. The Morgan fingerprint density at radius 1 is 1.40 bits per heavy atom. The third kappa shape index (κ3) is 7.31. The van der Waals surface area contributed by atoms with Crippen molar-refractivity contribution < 1.29 is 19.5 Å². The predicted molar refractivity (Wildman–Crippen MR) is 90.4 cm³/mol. The lowest BCUT2D eigenvalue weighted by Gasteiger charge is -2.24. The number of likely N-dealkylation sites (N-methyl/N-ethyl adjacent to an activating group) is 1. The van der Waals surface area contributed by atoms with Gasteiger partial charge in [-0.2, -0.15) is 0 Å². The Balaban J connectivity index is 2.74. The third-order valence-electron chi connectivity index (χ3n) is 3.65. The van der Waals surface area contributed by atoms with E-state index in [0.29, 0.717) is 25.1 Å². The Kier molecular flexibility index (Phi) is 8.57. The van der Waals surface area contributed by atoms with Crippen LogP contribution in [0.4, 0.5) is 0 Å². The second-order valence-corrected chi connectivity index (χ2v) is 5.82. The van der Waals surface area contributed by atoms with E-state index in [0.717, 1.165) is 11.3 Å². The van der Waals surface area contributed by atoms with Gasteiger partial charge in [0.2, 0.25) is 11.8 Å². The van der Waals surface area contributed by atoms with Gasteiger partial charge in [-0.3, -0.25) is 14.4 Å². The van der Waals surface area contributed by atoms with E-state index in [2.05, 4.69) is 15.3 Å². The summed E-state index contributed by atoms with van der Waals surface area (Å²) in [4.78, 5) is 43.3. The molecular formula is C15H26N6O4. The second-order valence-electron chi connectivity index (χ2n) is 5.82. The number of nitrogens with one attached hydrogen (secondary N) is 2. The molecule has 0 unspecified atom stereocenters. The van der Waals surface area contributed by atoms with E-state index in [4.69, 9.17) is 16.6 Å². The average molecular weight is 354 g/mol. The molecule has 7 N–H and O–H groups in total. The van der Waals surface area contributed by atoms with Gasteiger partial charge in [-0.15, -0.1) is 0 Å². The van der Waals surface area contributed by atoms with E-state index in [1.165, 1.54) is 19.6 Å². The Morgan fingerprint density at radius 2 is 2.12 bits per heavy atom. The van der Waals surface area contributed by atoms with Crippen LogP contribution < -0.4 is 16.8 Å². The van der Waals surface area contributed by atoms with E-state index in [1.54, 1.807) is 0 Å². The van der Waals surface area contributed by atoms with Crippen LogP contribution in [-0.4, -0.2) is 70.0 Å². The summed E-state index contributed by atoms with van der Waals surface area (Å²) in [6.45, 7) is 0.0615. The number of unbranched alkanes of at least 4 members (excludes halogenated alkanes) is 1. The van der Waals surface area contributed by atoms with Crippen molar-refractivity contribution in [1.82, 2.24) is 20.2 Å². The SMILES string of the molecule is CN(CC(=O)O)C(=O)[C@H](Cc1cnc[nH]1)NC(=O)[C@@H](N)CCCCN. The van der Waals surface area contributed by atoms with Crippen LogP contribution in [-0.2, 0) is 20.8 Å². The van der Waals surface area contributed by atoms with E-state index < -0.39 is 36.4 Å². The van der Waals surface area contributed by atoms with Gasteiger partial charge >= 0.3 is 5.97 Å². The lowest BCUT2D eigenvalue weighted by atomic mass is 10.1. The van der Waals surface area contributed by atoms with Gasteiger partial charge in [0, 0.05) is 25.4 Å². The van der Waals surface area contributed by atoms with Crippen molar-refractivity contribution in [2.75, 3.05) is 20.1 Å². The van der Waals surface area contributed by atoms with E-state index in [1.807, 2.05) is 0 Å². The maximum Gasteiger partial charge on any atom is 0.323 e. The zero-order valence-corrected chi connectivity index (χ0v) is 14.3. The number of nitrogens with two attached hydrogens (primary N) is 2. The molecule has 0 aromatic carbocycles. The van der Waals surface area contributed by atoms with Crippen LogP contribution in [0.15, 0.2) is 12.5 Å². The minimum atomic E-state index is -1.14. The summed E-state index contributed by atoms with van der Waals surface area (Å²) >= 11 is 0. The Bertz CT molecular complexity index is 562. The Labute approximate surface area is 146 Å². The highest BCUT2D eigenvalue weighted by Gasteiger charge is 2.27. The quantitative estimate of drug-likeness (QED) is 0.299. The molecule has 0 fully saturated rings. The van der Waals surface area contributed by atoms with Crippen LogP contribution in [0.3, 0.4) is 0 Å². The van der Waals surface area contributed by atoms with Crippen molar-refractivity contribution in [1.29, 1.82) is 0 Å². The number of H-pyrrole nitrogens is 1. The van der Waals surface area contributed by atoms with Crippen LogP contribution in [0, 0.1) is 0 Å². The number of nitrogens with zero attached hydrogens (tertiary/aromatic N) is 2. The highest BCUT2D eigenvalue weighted by molar-refractivity contribution is 5.91. The molecule has 1 aromatic rings. The van der Waals surface area contributed by atoms with E-state index in [-0.39, 0.29) is 6.42 Å². The van der Waals surface area contributed by atoms with Crippen molar-refractivity contribution in [3.63, 3.8) is 0 Å². The standard InChI is InChI=1S/C15H26N6O4/c1-21(8-13(22)23)15(25)12(6-10-7-18-9-19-10)20-14(24)11(17)4-2-3-5-16/h7,9,11-12H,2-6,8,16-17H2,1H3,(H,18,19)(H,20,24)(H,22,23)/t11-,12-/m0/s1. The molecule has 2 amide bonds. The summed E-state index contributed by atoms with van der Waals surface area (Å²) in [7, 11) is 1.36. The summed E-state index contributed by atoms with van der Waals surface area (Å²) < 4.78 is 0. The minimum Gasteiger partial charge on any atom is -0.480 e. The van der Waals surface area contributed by atoms with Crippen molar-refractivity contribution in [3.05, 3.63) is 18.2 Å². The van der Waals surface area contributed by atoms with Gasteiger partial charge in [-0.1, -0.05) is 6.42 Å². The average Bonchev–Trinajstić information content (AvgIpc) is 3.05. The predicted octanol–water partition coefficient (Wildman–Crippen LogP) is -1.56. The Hall–Kier alpha value is -2.46. The van der Waals surface area contributed by atoms with Crippen LogP contribution in [0.25, 0.3) is 0 Å². The van der Waals surface area contributed by atoms with Gasteiger partial charge in [0.05, 0.1) is 12.4 Å². The molecule has 140 valence electrons. The van der Waals surface area contributed by atoms with Gasteiger partial charge in [0.25, 0.3) is 0 Å². The minimum absolute atomic E-state index is 0.157. The number of hydrogen-bond donors (Lipinski definition) is 5. The number of imidazole rings is 1. The highest BCUT2D eigenvalue weighted by Crippen LogP contribution is 2.05. The van der Waals surface area contributed by atoms with Gasteiger partial charge < -0.3 is 31.8 Å². The zero-order chi connectivity index (χ0) is 18.8. The number of rotatable bonds is 11. The van der Waals surface area contributed by atoms with Gasteiger partial charge in [0.1, 0.15) is 12.6 Å². The second kappa shape index (κ2) is 10.4. The molecule has 1 heterocycles. The molecule has 1 rings (SSSR count). The third-order valence-corrected chi connectivity index (χ3v) is 3.65. The number of aromatic nitrogens is 2. The molecule has 0 saturated heterocycles. The fraction of sp³-hybridized carbons (Fsp3) is 0.600. The first-order valence-corrected chi connectivity index (χ1v) is 8.05. The largest absolute Gasteiger partial charge is 0.480 e. The van der Waals surface area contributed by atoms with Crippen molar-refractivity contribution in [2.24, 2.45) is 11.5 Å². The summed E-state index contributed by atoms with van der Waals surface area (Å²) in [5.41, 5.74) is 11.9. The topological polar surface area (TPSA) is 167 Å². The molecule has 0 saturated carbocycles. The van der Waals surface area contributed by atoms with Gasteiger partial charge in [-0.05, 0) is 19.4 Å². The number of carbonyl (C=O) groups excluding carboxylic acids is 2. The molecule has 0 bridgehead atoms. The number of hydrogen-bond acceptors (Lipinski definition) is 6. The molecule has 0 aliphatic rings. The summed E-state index contributed by atoms with van der Waals surface area (Å²) in [6.07, 6.45) is 5.08. The molecule has 0 radical (unpaired) electrons. The van der Waals surface area contributed by atoms with Crippen molar-refractivity contribution in [3.8, 4) is 0 Å². The van der Waals surface area contributed by atoms with E-state index >= 15 is 0 Å². The number of amides is 2. The first-order valence-electron chi connectivity index (χ1n) is 8.05. The number of aliphatic carboxylic acids is 1. The summed E-state index contributed by atoms with van der Waals surface area (Å²) in [5.74, 6) is -2.11. The van der Waals surface area contributed by atoms with Crippen LogP contribution in [0.2, 0.25) is 0 Å². The molecule has 0 aliphatic heterocycles. The van der Waals surface area contributed by atoms with Crippen LogP contribution in [0.5, 0.6) is 0 Å². The molecule has 25 heavy (non-hydrogen) atoms. The smallest absolute Gasteiger partial charge is 0.323 e. The van der Waals surface area contributed by atoms with Crippen molar-refractivity contribution >= 4 is 17.8 Å². The van der Waals surface area contributed by atoms with Crippen molar-refractivity contribution in [2.45, 2.75) is 37.8 Å². The monoisotopic (exact) mass is 354 g/mol. The lowest BCUT2D eigenvalue weighted by Crippen LogP contribution is -2.53. The number of carboxylic acids is 1. The number of aromatic amines is 1. The lowest BCUT2D eigenvalue weighted by molar-refractivity contribution is -0.144. The van der Waals surface area contributed by atoms with E-state index in [9.17, 15) is 14.4 Å². The van der Waals surface area contributed by atoms with Crippen LogP contribution in [0.1, 0.15) is 25.0 Å². The van der Waals surface area contributed by atoms with Gasteiger partial charge in [0.15, 0.2) is 0 Å². The molecular weight excluding hydrogens is 328 g/mol. The normalized spacial score (nSPS) is 13.1. The molecule has 0 aliphatic carbocycles. The van der Waals surface area contributed by atoms with Gasteiger partial charge in [-0.25, -0.2) is 4.98 Å². The number of carbonyl (C=O) groups is 3. The van der Waals surface area contributed by atoms with Crippen LogP contribution >= 0.6 is 0 Å². The fourth-order valence-corrected chi connectivity index (χ4v) is 2.28. The molecule has 2 atom stereocenters. The fourth-order valence-electron chi connectivity index (χ4n) is 2.28. The Morgan fingerprint density at radius 3 is 2.68 bits per heavy atom. The molecule has 10 nitrogen and oxygen atoms in total. The first-order chi connectivity index (χ1) is 11.8. The first kappa shape index (κ1) is 20.6. The number of carboxylic acid groups (broad SMARTS) is 1. The summed E-state index contributed by atoms with van der Waals surface area (Å²) in [6, 6.07) is -1.69. The maximum atomic E-state index is 12.5.